The molecule has 1 heterocycles. The zero-order valence-electron chi connectivity index (χ0n) is 10.0. The lowest BCUT2D eigenvalue weighted by Crippen LogP contribution is -2.40. The molecule has 2 nitrogen and oxygen atoms in total. The van der Waals surface area contributed by atoms with Crippen molar-refractivity contribution in [3.05, 3.63) is 0 Å². The van der Waals surface area contributed by atoms with Gasteiger partial charge < -0.3 is 10.1 Å². The van der Waals surface area contributed by atoms with E-state index >= 15 is 0 Å². The number of ether oxygens (including phenoxy) is 1. The van der Waals surface area contributed by atoms with Gasteiger partial charge in [-0.05, 0) is 31.6 Å². The Kier molecular flexibility index (Phi) is 4.45. The Morgan fingerprint density at radius 1 is 1.27 bits per heavy atom. The smallest absolute Gasteiger partial charge is 0.0620 e. The molecule has 0 aromatic rings. The Balaban J connectivity index is 1.74. The Bertz CT molecular complexity index is 177. The molecule has 1 saturated heterocycles. The number of hydrogen-bond donors (Lipinski definition) is 1. The van der Waals surface area contributed by atoms with Gasteiger partial charge in [0, 0.05) is 18.7 Å². The number of nitrogens with one attached hydrogen (secondary N) is 1. The van der Waals surface area contributed by atoms with Gasteiger partial charge in [-0.25, -0.2) is 0 Å². The van der Waals surface area contributed by atoms with Crippen molar-refractivity contribution >= 4 is 0 Å². The van der Waals surface area contributed by atoms with Crippen LogP contribution in [0.4, 0.5) is 0 Å². The van der Waals surface area contributed by atoms with E-state index in [2.05, 4.69) is 12.2 Å². The van der Waals surface area contributed by atoms with Gasteiger partial charge in [0.25, 0.3) is 0 Å². The number of rotatable bonds is 5. The average molecular weight is 211 g/mol. The molecule has 3 unspecified atom stereocenters. The quantitative estimate of drug-likeness (QED) is 0.755. The van der Waals surface area contributed by atoms with Crippen molar-refractivity contribution < 1.29 is 4.74 Å². The van der Waals surface area contributed by atoms with Crippen molar-refractivity contribution in [3.8, 4) is 0 Å². The van der Waals surface area contributed by atoms with E-state index in [-0.39, 0.29) is 0 Å². The molecule has 0 aromatic heterocycles. The van der Waals surface area contributed by atoms with Crippen LogP contribution in [0.1, 0.15) is 51.9 Å². The third kappa shape index (κ3) is 3.18. The third-order valence-electron chi connectivity index (χ3n) is 3.97. The lowest BCUT2D eigenvalue weighted by atomic mass is 9.96. The van der Waals surface area contributed by atoms with Crippen LogP contribution in [0.15, 0.2) is 0 Å². The van der Waals surface area contributed by atoms with Crippen molar-refractivity contribution in [3.63, 3.8) is 0 Å². The summed E-state index contributed by atoms with van der Waals surface area (Å²) in [5, 5.41) is 3.81. The first-order valence-electron chi connectivity index (χ1n) is 6.74. The van der Waals surface area contributed by atoms with Crippen LogP contribution in [0.25, 0.3) is 0 Å². The predicted molar refractivity (Wildman–Crippen MR) is 63.0 cm³/mol. The van der Waals surface area contributed by atoms with E-state index < -0.39 is 0 Å². The van der Waals surface area contributed by atoms with Gasteiger partial charge >= 0.3 is 0 Å². The third-order valence-corrected chi connectivity index (χ3v) is 3.97. The summed E-state index contributed by atoms with van der Waals surface area (Å²) < 4.78 is 5.42. The molecule has 1 aliphatic heterocycles. The minimum atomic E-state index is 0.650. The van der Waals surface area contributed by atoms with Gasteiger partial charge in [-0.2, -0.15) is 0 Å². The van der Waals surface area contributed by atoms with Crippen molar-refractivity contribution in [1.82, 2.24) is 5.32 Å². The summed E-state index contributed by atoms with van der Waals surface area (Å²) in [6.07, 6.45) is 9.67. The Morgan fingerprint density at radius 2 is 2.20 bits per heavy atom. The minimum Gasteiger partial charge on any atom is -0.380 e. The first kappa shape index (κ1) is 11.4. The van der Waals surface area contributed by atoms with E-state index in [1.54, 1.807) is 0 Å². The second kappa shape index (κ2) is 5.86. The summed E-state index contributed by atoms with van der Waals surface area (Å²) in [6.45, 7) is 4.20. The molecular formula is C13H25NO. The Morgan fingerprint density at radius 3 is 2.93 bits per heavy atom. The molecule has 2 fully saturated rings. The minimum absolute atomic E-state index is 0.650. The van der Waals surface area contributed by atoms with Crippen LogP contribution in [0, 0.1) is 5.92 Å². The van der Waals surface area contributed by atoms with Crippen LogP contribution >= 0.6 is 0 Å². The van der Waals surface area contributed by atoms with Gasteiger partial charge in [-0.3, -0.25) is 0 Å². The second-order valence-corrected chi connectivity index (χ2v) is 5.17. The van der Waals surface area contributed by atoms with Gasteiger partial charge in [0.1, 0.15) is 0 Å². The first-order valence-corrected chi connectivity index (χ1v) is 6.74. The van der Waals surface area contributed by atoms with Crippen LogP contribution in [-0.2, 0) is 4.74 Å². The van der Waals surface area contributed by atoms with Crippen molar-refractivity contribution in [2.75, 3.05) is 13.2 Å². The van der Waals surface area contributed by atoms with E-state index in [1.165, 1.54) is 44.9 Å². The maximum absolute atomic E-state index is 5.42. The lowest BCUT2D eigenvalue weighted by molar-refractivity contribution is 0.185. The molecular weight excluding hydrogens is 186 g/mol. The van der Waals surface area contributed by atoms with Crippen LogP contribution in [0.5, 0.6) is 0 Å². The van der Waals surface area contributed by atoms with Gasteiger partial charge in [0.05, 0.1) is 6.61 Å². The first-order chi connectivity index (χ1) is 7.40. The van der Waals surface area contributed by atoms with Gasteiger partial charge in [-0.15, -0.1) is 0 Å². The molecule has 1 aliphatic carbocycles. The maximum Gasteiger partial charge on any atom is 0.0620 e. The van der Waals surface area contributed by atoms with Gasteiger partial charge in [-0.1, -0.05) is 26.2 Å². The summed E-state index contributed by atoms with van der Waals surface area (Å²) >= 11 is 0. The normalized spacial score (nSPS) is 36.2. The highest BCUT2D eigenvalue weighted by molar-refractivity contribution is 4.86. The van der Waals surface area contributed by atoms with Crippen molar-refractivity contribution in [2.24, 2.45) is 5.92 Å². The molecule has 2 rings (SSSR count). The highest BCUT2D eigenvalue weighted by Crippen LogP contribution is 2.30. The van der Waals surface area contributed by atoms with E-state index in [4.69, 9.17) is 4.74 Å². The van der Waals surface area contributed by atoms with Crippen LogP contribution in [0.3, 0.4) is 0 Å². The molecule has 88 valence electrons. The maximum atomic E-state index is 5.42. The Labute approximate surface area is 93.8 Å². The molecule has 0 aromatic carbocycles. The SMILES string of the molecule is CCCCC1CCCC1NC1CCOC1. The summed E-state index contributed by atoms with van der Waals surface area (Å²) in [4.78, 5) is 0. The fourth-order valence-corrected chi connectivity index (χ4v) is 3.04. The summed E-state index contributed by atoms with van der Waals surface area (Å²) in [5.41, 5.74) is 0. The topological polar surface area (TPSA) is 21.3 Å². The molecule has 3 atom stereocenters. The highest BCUT2D eigenvalue weighted by atomic mass is 16.5. The molecule has 0 bridgehead atoms. The zero-order valence-corrected chi connectivity index (χ0v) is 10.0. The van der Waals surface area contributed by atoms with E-state index in [0.29, 0.717) is 6.04 Å². The number of hydrogen-bond acceptors (Lipinski definition) is 2. The van der Waals surface area contributed by atoms with Crippen LogP contribution in [0.2, 0.25) is 0 Å². The van der Waals surface area contributed by atoms with E-state index in [1.807, 2.05) is 0 Å². The summed E-state index contributed by atoms with van der Waals surface area (Å²) in [6, 6.07) is 1.44. The van der Waals surface area contributed by atoms with Crippen LogP contribution < -0.4 is 5.32 Å². The molecule has 1 N–H and O–H groups in total. The van der Waals surface area contributed by atoms with Crippen molar-refractivity contribution in [1.29, 1.82) is 0 Å². The van der Waals surface area contributed by atoms with E-state index in [9.17, 15) is 0 Å². The standard InChI is InChI=1S/C13H25NO/c1-2-3-5-11-6-4-7-13(11)14-12-8-9-15-10-12/h11-14H,2-10H2,1H3. The lowest BCUT2D eigenvalue weighted by Gasteiger charge is -2.24. The van der Waals surface area contributed by atoms with Crippen LogP contribution in [-0.4, -0.2) is 25.3 Å². The molecule has 0 radical (unpaired) electrons. The fraction of sp³-hybridized carbons (Fsp3) is 1.00. The summed E-state index contributed by atoms with van der Waals surface area (Å²) in [5.74, 6) is 0.950. The zero-order chi connectivity index (χ0) is 10.5. The van der Waals surface area contributed by atoms with Gasteiger partial charge in [0.15, 0.2) is 0 Å². The monoisotopic (exact) mass is 211 g/mol. The largest absolute Gasteiger partial charge is 0.380 e. The molecule has 2 heteroatoms. The summed E-state index contributed by atoms with van der Waals surface area (Å²) in [7, 11) is 0. The molecule has 15 heavy (non-hydrogen) atoms. The average Bonchev–Trinajstić information content (AvgIpc) is 2.87. The van der Waals surface area contributed by atoms with Crippen molar-refractivity contribution in [2.45, 2.75) is 64.0 Å². The molecule has 0 amide bonds. The highest BCUT2D eigenvalue weighted by Gasteiger charge is 2.29. The molecule has 1 saturated carbocycles. The van der Waals surface area contributed by atoms with Gasteiger partial charge in [0.2, 0.25) is 0 Å². The Hall–Kier alpha value is -0.0800. The molecule has 2 aliphatic rings. The molecule has 0 spiro atoms. The number of unbranched alkanes of at least 4 members (excludes halogenated alkanes) is 1. The second-order valence-electron chi connectivity index (χ2n) is 5.17. The predicted octanol–water partition coefficient (Wildman–Crippen LogP) is 2.72. The van der Waals surface area contributed by atoms with E-state index in [0.717, 1.165) is 25.2 Å². The fourth-order valence-electron chi connectivity index (χ4n) is 3.04.